The van der Waals surface area contributed by atoms with Gasteiger partial charge in [0.05, 0.1) is 15.8 Å². The maximum Gasteiger partial charge on any atom is 0.118 e. The molecule has 3 aromatic rings. The zero-order valence-electron chi connectivity index (χ0n) is 10.4. The van der Waals surface area contributed by atoms with Gasteiger partial charge in [-0.3, -0.25) is 0 Å². The molecule has 0 radical (unpaired) electrons. The van der Waals surface area contributed by atoms with Gasteiger partial charge >= 0.3 is 0 Å². The highest BCUT2D eigenvalue weighted by Gasteiger charge is 2.27. The molecule has 1 atom stereocenters. The number of rotatable bonds is 2. The van der Waals surface area contributed by atoms with Gasteiger partial charge in [-0.2, -0.15) is 0 Å². The predicted molar refractivity (Wildman–Crippen MR) is 81.7 cm³/mol. The summed E-state index contributed by atoms with van der Waals surface area (Å²) in [5, 5.41) is 1.62. The Balaban J connectivity index is 2.13. The number of nitrogens with two attached hydrogens (primary N) is 1. The first-order chi connectivity index (χ1) is 9.07. The molecule has 4 heteroatoms. The summed E-state index contributed by atoms with van der Waals surface area (Å²) in [4.78, 5) is 4.64. The van der Waals surface area contributed by atoms with Crippen LogP contribution in [0.25, 0.3) is 10.2 Å². The Morgan fingerprint density at radius 3 is 2.63 bits per heavy atom. The summed E-state index contributed by atoms with van der Waals surface area (Å²) in [5.41, 5.74) is 7.89. The van der Waals surface area contributed by atoms with E-state index < -0.39 is 5.54 Å². The smallest absolute Gasteiger partial charge is 0.118 e. The standard InChI is InChI=1S/C15H13ClN2S/c1-15(17,10-5-3-2-4-6-10)14-18-12-8-7-11(16)9-13(12)19-14/h2-9H,17H2,1H3. The van der Waals surface area contributed by atoms with Gasteiger partial charge in [-0.15, -0.1) is 11.3 Å². The van der Waals surface area contributed by atoms with E-state index in [2.05, 4.69) is 4.98 Å². The summed E-state index contributed by atoms with van der Waals surface area (Å²) in [6, 6.07) is 15.7. The summed E-state index contributed by atoms with van der Waals surface area (Å²) in [6.07, 6.45) is 0. The molecule has 2 nitrogen and oxygen atoms in total. The van der Waals surface area contributed by atoms with Gasteiger partial charge in [-0.25, -0.2) is 4.98 Å². The number of hydrogen-bond donors (Lipinski definition) is 1. The fraction of sp³-hybridized carbons (Fsp3) is 0.133. The second kappa shape index (κ2) is 4.60. The second-order valence-electron chi connectivity index (χ2n) is 4.70. The second-order valence-corrected chi connectivity index (χ2v) is 6.17. The third-order valence-electron chi connectivity index (χ3n) is 3.17. The molecule has 3 rings (SSSR count). The van der Waals surface area contributed by atoms with E-state index in [-0.39, 0.29) is 0 Å². The van der Waals surface area contributed by atoms with E-state index in [1.165, 1.54) is 0 Å². The van der Waals surface area contributed by atoms with Crippen LogP contribution in [0.15, 0.2) is 48.5 Å². The maximum atomic E-state index is 6.48. The molecule has 2 N–H and O–H groups in total. The van der Waals surface area contributed by atoms with E-state index in [0.717, 1.165) is 25.8 Å². The van der Waals surface area contributed by atoms with Crippen molar-refractivity contribution in [2.24, 2.45) is 5.73 Å². The van der Waals surface area contributed by atoms with E-state index in [1.807, 2.05) is 55.5 Å². The third-order valence-corrected chi connectivity index (χ3v) is 4.66. The number of benzene rings is 2. The number of halogens is 1. The molecule has 0 saturated carbocycles. The summed E-state index contributed by atoms with van der Waals surface area (Å²) >= 11 is 7.60. The molecule has 19 heavy (non-hydrogen) atoms. The SMILES string of the molecule is CC(N)(c1ccccc1)c1nc2ccc(Cl)cc2s1. The Bertz CT molecular complexity index is 719. The first-order valence-electron chi connectivity index (χ1n) is 5.98. The molecule has 1 unspecified atom stereocenters. The van der Waals surface area contributed by atoms with E-state index in [4.69, 9.17) is 17.3 Å². The number of fused-ring (bicyclic) bond motifs is 1. The van der Waals surface area contributed by atoms with Gasteiger partial charge < -0.3 is 5.73 Å². The van der Waals surface area contributed by atoms with Crippen molar-refractivity contribution in [3.8, 4) is 0 Å². The highest BCUT2D eigenvalue weighted by Crippen LogP contribution is 2.33. The van der Waals surface area contributed by atoms with Crippen molar-refractivity contribution in [3.05, 3.63) is 64.1 Å². The number of thiazole rings is 1. The zero-order valence-corrected chi connectivity index (χ0v) is 12.0. The Morgan fingerprint density at radius 1 is 1.16 bits per heavy atom. The van der Waals surface area contributed by atoms with Crippen LogP contribution in [0, 0.1) is 0 Å². The van der Waals surface area contributed by atoms with Gasteiger partial charge in [0.15, 0.2) is 0 Å². The minimum Gasteiger partial charge on any atom is -0.316 e. The highest BCUT2D eigenvalue weighted by atomic mass is 35.5. The fourth-order valence-electron chi connectivity index (χ4n) is 2.03. The minimum absolute atomic E-state index is 0.586. The van der Waals surface area contributed by atoms with Crippen LogP contribution in [0.3, 0.4) is 0 Å². The first-order valence-corrected chi connectivity index (χ1v) is 7.18. The molecule has 0 spiro atoms. The van der Waals surface area contributed by atoms with Gasteiger partial charge in [0.1, 0.15) is 5.01 Å². The topological polar surface area (TPSA) is 38.9 Å². The minimum atomic E-state index is -0.586. The fourth-order valence-corrected chi connectivity index (χ4v) is 3.35. The molecule has 96 valence electrons. The Labute approximate surface area is 120 Å². The lowest BCUT2D eigenvalue weighted by Gasteiger charge is -2.22. The molecule has 0 aliphatic rings. The van der Waals surface area contributed by atoms with E-state index in [9.17, 15) is 0 Å². The van der Waals surface area contributed by atoms with Crippen LogP contribution in [0.5, 0.6) is 0 Å². The molecule has 0 saturated heterocycles. The van der Waals surface area contributed by atoms with Crippen LogP contribution in [0.4, 0.5) is 0 Å². The average Bonchev–Trinajstić information content (AvgIpc) is 2.83. The van der Waals surface area contributed by atoms with Gasteiger partial charge in [0.25, 0.3) is 0 Å². The molecule has 0 aliphatic heterocycles. The third kappa shape index (κ3) is 2.25. The van der Waals surface area contributed by atoms with Crippen molar-refractivity contribution in [3.63, 3.8) is 0 Å². The lowest BCUT2D eigenvalue weighted by Crippen LogP contribution is -2.34. The molecule has 1 aromatic heterocycles. The number of aromatic nitrogens is 1. The molecule has 1 heterocycles. The van der Waals surface area contributed by atoms with Gasteiger partial charge in [-0.1, -0.05) is 41.9 Å². The molecular weight excluding hydrogens is 276 g/mol. The monoisotopic (exact) mass is 288 g/mol. The molecule has 0 bridgehead atoms. The molecule has 0 amide bonds. The van der Waals surface area contributed by atoms with E-state index >= 15 is 0 Å². The van der Waals surface area contributed by atoms with Crippen LogP contribution in [-0.2, 0) is 5.54 Å². The number of hydrogen-bond acceptors (Lipinski definition) is 3. The molecular formula is C15H13ClN2S. The van der Waals surface area contributed by atoms with Crippen LogP contribution in [0.1, 0.15) is 17.5 Å². The van der Waals surface area contributed by atoms with Crippen molar-refractivity contribution in [2.45, 2.75) is 12.5 Å². The quantitative estimate of drug-likeness (QED) is 0.768. The Kier molecular flexibility index (Phi) is 3.05. The Hall–Kier alpha value is -1.42. The van der Waals surface area contributed by atoms with Crippen molar-refractivity contribution in [1.82, 2.24) is 4.98 Å². The summed E-state index contributed by atoms with van der Waals surface area (Å²) < 4.78 is 1.06. The van der Waals surface area contributed by atoms with Crippen molar-refractivity contribution >= 4 is 33.2 Å². The van der Waals surface area contributed by atoms with Gasteiger partial charge in [0, 0.05) is 5.02 Å². The zero-order chi connectivity index (χ0) is 13.5. The normalized spacial score (nSPS) is 14.5. The van der Waals surface area contributed by atoms with Gasteiger partial charge in [-0.05, 0) is 30.7 Å². The lowest BCUT2D eigenvalue weighted by molar-refractivity contribution is 0.600. The molecule has 0 fully saturated rings. The van der Waals surface area contributed by atoms with E-state index in [1.54, 1.807) is 11.3 Å². The van der Waals surface area contributed by atoms with Crippen molar-refractivity contribution in [2.75, 3.05) is 0 Å². The average molecular weight is 289 g/mol. The van der Waals surface area contributed by atoms with Crippen LogP contribution >= 0.6 is 22.9 Å². The van der Waals surface area contributed by atoms with Gasteiger partial charge in [0.2, 0.25) is 0 Å². The van der Waals surface area contributed by atoms with Crippen LogP contribution in [-0.4, -0.2) is 4.98 Å². The van der Waals surface area contributed by atoms with Crippen LogP contribution < -0.4 is 5.73 Å². The molecule has 2 aromatic carbocycles. The highest BCUT2D eigenvalue weighted by molar-refractivity contribution is 7.18. The first kappa shape index (κ1) is 12.6. The van der Waals surface area contributed by atoms with E-state index in [0.29, 0.717) is 0 Å². The number of nitrogens with zero attached hydrogens (tertiary/aromatic N) is 1. The predicted octanol–water partition coefficient (Wildman–Crippen LogP) is 4.17. The Morgan fingerprint density at radius 2 is 1.89 bits per heavy atom. The maximum absolute atomic E-state index is 6.48. The lowest BCUT2D eigenvalue weighted by atomic mass is 9.94. The summed E-state index contributed by atoms with van der Waals surface area (Å²) in [5.74, 6) is 0. The largest absolute Gasteiger partial charge is 0.316 e. The molecule has 0 aliphatic carbocycles. The summed E-state index contributed by atoms with van der Waals surface area (Å²) in [7, 11) is 0. The summed E-state index contributed by atoms with van der Waals surface area (Å²) in [6.45, 7) is 1.99. The van der Waals surface area contributed by atoms with Crippen molar-refractivity contribution in [1.29, 1.82) is 0 Å². The van der Waals surface area contributed by atoms with Crippen molar-refractivity contribution < 1.29 is 0 Å². The van der Waals surface area contributed by atoms with Crippen LogP contribution in [0.2, 0.25) is 5.02 Å².